The molecule has 5 heteroatoms. The number of aromatic amines is 1. The van der Waals surface area contributed by atoms with Crippen LogP contribution in [0.1, 0.15) is 16.3 Å². The molecule has 0 atom stereocenters. The number of para-hydroxylation sites is 1. The van der Waals surface area contributed by atoms with Crippen LogP contribution in [0.4, 0.5) is 0 Å². The van der Waals surface area contributed by atoms with E-state index in [2.05, 4.69) is 15.0 Å². The molecule has 2 heterocycles. The Morgan fingerprint density at radius 2 is 2.05 bits per heavy atom. The van der Waals surface area contributed by atoms with Crippen molar-refractivity contribution in [1.29, 1.82) is 0 Å². The number of nitrogens with one attached hydrogen (secondary N) is 1. The maximum Gasteiger partial charge on any atom is 0.189 e. The third-order valence-electron chi connectivity index (χ3n) is 2.92. The number of hydrogen-bond acceptors (Lipinski definition) is 4. The average Bonchev–Trinajstić information content (AvgIpc) is 2.98. The summed E-state index contributed by atoms with van der Waals surface area (Å²) in [7, 11) is 0. The van der Waals surface area contributed by atoms with Gasteiger partial charge in [0.1, 0.15) is 10.9 Å². The van der Waals surface area contributed by atoms with Crippen molar-refractivity contribution in [3.05, 3.63) is 54.1 Å². The third-order valence-corrected chi connectivity index (χ3v) is 3.91. The molecular formula is C15H13N3OS. The van der Waals surface area contributed by atoms with Crippen LogP contribution in [0, 0.1) is 6.92 Å². The lowest BCUT2D eigenvalue weighted by Gasteiger charge is -2.05. The van der Waals surface area contributed by atoms with Gasteiger partial charge in [-0.25, -0.2) is 9.97 Å². The molecule has 0 fully saturated rings. The summed E-state index contributed by atoms with van der Waals surface area (Å²) in [6.07, 6.45) is 1.75. The molecule has 1 N–H and O–H groups in total. The molecule has 0 amide bonds. The Bertz CT molecular complexity index is 753. The summed E-state index contributed by atoms with van der Waals surface area (Å²) in [6.45, 7) is 1.86. The maximum atomic E-state index is 12.0. The maximum absolute atomic E-state index is 12.0. The second-order valence-corrected chi connectivity index (χ2v) is 5.35. The van der Waals surface area contributed by atoms with E-state index in [0.29, 0.717) is 11.4 Å². The highest BCUT2D eigenvalue weighted by Gasteiger charge is 2.11. The van der Waals surface area contributed by atoms with Crippen molar-refractivity contribution in [2.45, 2.75) is 11.9 Å². The van der Waals surface area contributed by atoms with Gasteiger partial charge in [0.15, 0.2) is 5.78 Å². The van der Waals surface area contributed by atoms with Crippen LogP contribution in [0.25, 0.3) is 10.9 Å². The molecule has 100 valence electrons. The van der Waals surface area contributed by atoms with Gasteiger partial charge in [-0.05, 0) is 25.1 Å². The fourth-order valence-corrected chi connectivity index (χ4v) is 2.93. The van der Waals surface area contributed by atoms with Gasteiger partial charge in [-0.2, -0.15) is 0 Å². The predicted molar refractivity (Wildman–Crippen MR) is 80.1 cm³/mol. The lowest BCUT2D eigenvalue weighted by Crippen LogP contribution is -2.03. The topological polar surface area (TPSA) is 58.6 Å². The minimum Gasteiger partial charge on any atom is -0.359 e. The molecule has 0 aliphatic carbocycles. The van der Waals surface area contributed by atoms with Gasteiger partial charge in [0.05, 0.1) is 17.0 Å². The number of H-pyrrole nitrogens is 1. The predicted octanol–water partition coefficient (Wildman–Crippen LogP) is 3.24. The quantitative estimate of drug-likeness (QED) is 0.453. The van der Waals surface area contributed by atoms with Crippen LogP contribution in [-0.2, 0) is 0 Å². The molecule has 0 saturated carbocycles. The number of thioether (sulfide) groups is 1. The van der Waals surface area contributed by atoms with E-state index >= 15 is 0 Å². The van der Waals surface area contributed by atoms with Gasteiger partial charge < -0.3 is 4.98 Å². The molecule has 0 spiro atoms. The number of aryl methyl sites for hydroxylation is 1. The van der Waals surface area contributed by atoms with Crippen LogP contribution in [0.2, 0.25) is 0 Å². The van der Waals surface area contributed by atoms with Crippen LogP contribution in [0.5, 0.6) is 0 Å². The zero-order valence-electron chi connectivity index (χ0n) is 11.0. The summed E-state index contributed by atoms with van der Waals surface area (Å²) in [5.41, 5.74) is 1.54. The first kappa shape index (κ1) is 12.9. The molecule has 3 aromatic rings. The SMILES string of the molecule is Cc1nc(SCC(=O)c2ccc[nH]2)c2ccccc2n1. The van der Waals surface area contributed by atoms with Crippen LogP contribution in [-0.4, -0.2) is 26.5 Å². The van der Waals surface area contributed by atoms with Gasteiger partial charge in [0.2, 0.25) is 0 Å². The fraction of sp³-hybridized carbons (Fsp3) is 0.133. The van der Waals surface area contributed by atoms with Gasteiger partial charge in [-0.3, -0.25) is 4.79 Å². The van der Waals surface area contributed by atoms with E-state index in [9.17, 15) is 4.79 Å². The van der Waals surface area contributed by atoms with Gasteiger partial charge in [0, 0.05) is 11.6 Å². The lowest BCUT2D eigenvalue weighted by atomic mass is 10.2. The molecular weight excluding hydrogens is 270 g/mol. The zero-order chi connectivity index (χ0) is 13.9. The molecule has 4 nitrogen and oxygen atoms in total. The Morgan fingerprint density at radius 1 is 1.20 bits per heavy atom. The molecule has 0 aliphatic heterocycles. The first-order chi connectivity index (χ1) is 9.74. The average molecular weight is 283 g/mol. The molecule has 2 aromatic heterocycles. The Kier molecular flexibility index (Phi) is 3.52. The van der Waals surface area contributed by atoms with Gasteiger partial charge >= 0.3 is 0 Å². The summed E-state index contributed by atoms with van der Waals surface area (Å²) < 4.78 is 0. The van der Waals surface area contributed by atoms with E-state index in [1.54, 1.807) is 12.3 Å². The van der Waals surface area contributed by atoms with Crippen LogP contribution < -0.4 is 0 Å². The van der Waals surface area contributed by atoms with Crippen molar-refractivity contribution < 1.29 is 4.79 Å². The second-order valence-electron chi connectivity index (χ2n) is 4.39. The summed E-state index contributed by atoms with van der Waals surface area (Å²) >= 11 is 1.45. The number of carbonyl (C=O) groups is 1. The zero-order valence-corrected chi connectivity index (χ0v) is 11.8. The number of nitrogens with zero attached hydrogens (tertiary/aromatic N) is 2. The van der Waals surface area contributed by atoms with E-state index in [1.165, 1.54) is 11.8 Å². The fourth-order valence-electron chi connectivity index (χ4n) is 1.98. The highest BCUT2D eigenvalue weighted by molar-refractivity contribution is 8.00. The van der Waals surface area contributed by atoms with Crippen LogP contribution in [0.15, 0.2) is 47.6 Å². The number of ketones is 1. The van der Waals surface area contributed by atoms with Crippen LogP contribution in [0.3, 0.4) is 0 Å². The molecule has 0 radical (unpaired) electrons. The minimum absolute atomic E-state index is 0.0698. The van der Waals surface area contributed by atoms with E-state index in [-0.39, 0.29) is 5.78 Å². The number of rotatable bonds is 4. The molecule has 1 aromatic carbocycles. The standard InChI is InChI=1S/C15H13N3OS/c1-10-17-12-6-3-2-5-11(12)15(18-10)20-9-14(19)13-7-4-8-16-13/h2-8,16H,9H2,1H3. The first-order valence-electron chi connectivity index (χ1n) is 6.27. The second kappa shape index (κ2) is 5.46. The van der Waals surface area contributed by atoms with Crippen molar-refractivity contribution in [2.75, 3.05) is 5.75 Å². The Labute approximate surface area is 120 Å². The molecule has 0 bridgehead atoms. The monoisotopic (exact) mass is 283 g/mol. The van der Waals surface area contributed by atoms with E-state index in [0.717, 1.165) is 21.8 Å². The summed E-state index contributed by atoms with van der Waals surface area (Å²) in [6, 6.07) is 11.5. The van der Waals surface area contributed by atoms with Crippen molar-refractivity contribution in [3.8, 4) is 0 Å². The minimum atomic E-state index is 0.0698. The first-order valence-corrected chi connectivity index (χ1v) is 7.25. The van der Waals surface area contributed by atoms with E-state index in [4.69, 9.17) is 0 Å². The number of hydrogen-bond donors (Lipinski definition) is 1. The molecule has 20 heavy (non-hydrogen) atoms. The smallest absolute Gasteiger partial charge is 0.189 e. The highest BCUT2D eigenvalue weighted by atomic mass is 32.2. The Hall–Kier alpha value is -2.14. The van der Waals surface area contributed by atoms with Crippen molar-refractivity contribution in [1.82, 2.24) is 15.0 Å². The Morgan fingerprint density at radius 3 is 2.85 bits per heavy atom. The van der Waals surface area contributed by atoms with Gasteiger partial charge in [-0.15, -0.1) is 0 Å². The summed E-state index contributed by atoms with van der Waals surface area (Å²) in [5, 5.41) is 1.84. The molecule has 0 aliphatic rings. The molecule has 0 unspecified atom stereocenters. The number of fused-ring (bicyclic) bond motifs is 1. The van der Waals surface area contributed by atoms with Crippen molar-refractivity contribution in [3.63, 3.8) is 0 Å². The third kappa shape index (κ3) is 2.58. The number of carbonyl (C=O) groups excluding carboxylic acids is 1. The Balaban J connectivity index is 1.86. The van der Waals surface area contributed by atoms with E-state index < -0.39 is 0 Å². The highest BCUT2D eigenvalue weighted by Crippen LogP contribution is 2.25. The summed E-state index contributed by atoms with van der Waals surface area (Å²) in [4.78, 5) is 23.8. The van der Waals surface area contributed by atoms with Gasteiger partial charge in [-0.1, -0.05) is 30.0 Å². The summed E-state index contributed by atoms with van der Waals surface area (Å²) in [5.74, 6) is 1.15. The van der Waals surface area contributed by atoms with Crippen LogP contribution >= 0.6 is 11.8 Å². The molecule has 0 saturated heterocycles. The normalized spacial score (nSPS) is 10.8. The van der Waals surface area contributed by atoms with Crippen molar-refractivity contribution in [2.24, 2.45) is 0 Å². The largest absolute Gasteiger partial charge is 0.359 e. The number of aromatic nitrogens is 3. The van der Waals surface area contributed by atoms with Gasteiger partial charge in [0.25, 0.3) is 0 Å². The molecule has 3 rings (SSSR count). The number of benzene rings is 1. The van der Waals surface area contributed by atoms with E-state index in [1.807, 2.05) is 37.3 Å². The lowest BCUT2D eigenvalue weighted by molar-refractivity contribution is 0.101. The van der Waals surface area contributed by atoms with Crippen molar-refractivity contribution >= 4 is 28.4 Å². The number of Topliss-reactive ketones (excluding diaryl/α,β-unsaturated/α-hetero) is 1.